The van der Waals surface area contributed by atoms with E-state index in [0.29, 0.717) is 0 Å². The van der Waals surface area contributed by atoms with E-state index in [2.05, 4.69) is 0 Å². The summed E-state index contributed by atoms with van der Waals surface area (Å²) >= 11 is 0. The fourth-order valence-electron chi connectivity index (χ4n) is 2.62. The molecule has 1 fully saturated rings. The summed E-state index contributed by atoms with van der Waals surface area (Å²) in [6.07, 6.45) is -1.14. The van der Waals surface area contributed by atoms with Crippen molar-refractivity contribution in [1.29, 1.82) is 0 Å². The Bertz CT molecular complexity index is 534. The molecule has 0 aromatic rings. The SMILES string of the molecule is CC[C@@]1(C(=O)O)CN(C(=O)OC(C)(C)C)CCN1C(=O)OC(C)(C)C. The molecule has 8 heteroatoms. The molecule has 25 heavy (non-hydrogen) atoms. The second kappa shape index (κ2) is 7.09. The van der Waals surface area contributed by atoms with Gasteiger partial charge >= 0.3 is 18.2 Å². The van der Waals surface area contributed by atoms with Crippen molar-refractivity contribution in [2.45, 2.75) is 71.6 Å². The normalized spacial score (nSPS) is 21.7. The van der Waals surface area contributed by atoms with Crippen LogP contribution in [-0.4, -0.2) is 69.4 Å². The average molecular weight is 358 g/mol. The summed E-state index contributed by atoms with van der Waals surface area (Å²) in [7, 11) is 0. The van der Waals surface area contributed by atoms with Gasteiger partial charge in [0.05, 0.1) is 6.54 Å². The smallest absolute Gasteiger partial charge is 0.411 e. The average Bonchev–Trinajstić information content (AvgIpc) is 2.42. The first-order valence-electron chi connectivity index (χ1n) is 8.44. The lowest BCUT2D eigenvalue weighted by molar-refractivity contribution is -0.155. The number of ether oxygens (including phenoxy) is 2. The molecule has 1 saturated heterocycles. The van der Waals surface area contributed by atoms with E-state index >= 15 is 0 Å². The van der Waals surface area contributed by atoms with E-state index in [1.165, 1.54) is 9.80 Å². The molecule has 0 bridgehead atoms. The van der Waals surface area contributed by atoms with Crippen molar-refractivity contribution in [3.8, 4) is 0 Å². The van der Waals surface area contributed by atoms with Crippen molar-refractivity contribution in [2.24, 2.45) is 0 Å². The molecule has 0 unspecified atom stereocenters. The van der Waals surface area contributed by atoms with Crippen LogP contribution in [0.25, 0.3) is 0 Å². The van der Waals surface area contributed by atoms with Gasteiger partial charge in [-0.25, -0.2) is 14.4 Å². The van der Waals surface area contributed by atoms with Crippen molar-refractivity contribution in [3.63, 3.8) is 0 Å². The van der Waals surface area contributed by atoms with E-state index in [-0.39, 0.29) is 26.1 Å². The Kier molecular flexibility index (Phi) is 5.97. The van der Waals surface area contributed by atoms with Crippen LogP contribution in [-0.2, 0) is 14.3 Å². The number of hydrogen-bond donors (Lipinski definition) is 1. The summed E-state index contributed by atoms with van der Waals surface area (Å²) in [5, 5.41) is 9.81. The van der Waals surface area contributed by atoms with Gasteiger partial charge in [-0.05, 0) is 48.0 Å². The highest BCUT2D eigenvalue weighted by molar-refractivity contribution is 5.86. The van der Waals surface area contributed by atoms with Gasteiger partial charge in [0.1, 0.15) is 11.2 Å². The summed E-state index contributed by atoms with van der Waals surface area (Å²) in [4.78, 5) is 39.4. The first kappa shape index (κ1) is 21.1. The van der Waals surface area contributed by atoms with Crippen LogP contribution < -0.4 is 0 Å². The zero-order valence-electron chi connectivity index (χ0n) is 16.2. The fraction of sp³-hybridized carbons (Fsp3) is 0.824. The molecular formula is C17H30N2O6. The molecule has 1 N–H and O–H groups in total. The largest absolute Gasteiger partial charge is 0.479 e. The molecule has 1 aliphatic heterocycles. The minimum Gasteiger partial charge on any atom is -0.479 e. The zero-order valence-corrected chi connectivity index (χ0v) is 16.2. The minimum atomic E-state index is -1.54. The monoisotopic (exact) mass is 358 g/mol. The summed E-state index contributed by atoms with van der Waals surface area (Å²) in [5.74, 6) is -1.17. The third-order valence-corrected chi connectivity index (χ3v) is 3.81. The molecule has 1 rings (SSSR count). The fourth-order valence-corrected chi connectivity index (χ4v) is 2.62. The van der Waals surface area contributed by atoms with E-state index in [0.717, 1.165) is 0 Å². The van der Waals surface area contributed by atoms with Gasteiger partial charge in [-0.15, -0.1) is 0 Å². The number of aliphatic carboxylic acids is 1. The van der Waals surface area contributed by atoms with Gasteiger partial charge in [-0.2, -0.15) is 0 Å². The Morgan fingerprint density at radius 1 is 0.960 bits per heavy atom. The number of carboxylic acids is 1. The van der Waals surface area contributed by atoms with Crippen LogP contribution in [0.4, 0.5) is 9.59 Å². The van der Waals surface area contributed by atoms with Crippen LogP contribution in [0.15, 0.2) is 0 Å². The molecule has 0 radical (unpaired) electrons. The zero-order chi connectivity index (χ0) is 19.6. The molecule has 8 nitrogen and oxygen atoms in total. The first-order valence-corrected chi connectivity index (χ1v) is 8.44. The molecule has 2 amide bonds. The lowest BCUT2D eigenvalue weighted by Gasteiger charge is -2.47. The first-order chi connectivity index (χ1) is 11.2. The molecule has 0 spiro atoms. The quantitative estimate of drug-likeness (QED) is 0.815. The highest BCUT2D eigenvalue weighted by Gasteiger charge is 2.51. The summed E-state index contributed by atoms with van der Waals surface area (Å²) in [6.45, 7) is 12.2. The molecule has 0 aliphatic carbocycles. The maximum absolute atomic E-state index is 12.5. The number of amides is 2. The number of hydrogen-bond acceptors (Lipinski definition) is 5. The summed E-state index contributed by atoms with van der Waals surface area (Å²) in [5.41, 5.74) is -2.97. The second-order valence-corrected chi connectivity index (χ2v) is 8.22. The van der Waals surface area contributed by atoms with Crippen molar-refractivity contribution in [2.75, 3.05) is 19.6 Å². The van der Waals surface area contributed by atoms with Gasteiger partial charge in [0.15, 0.2) is 5.54 Å². The predicted octanol–water partition coefficient (Wildman–Crippen LogP) is 2.71. The van der Waals surface area contributed by atoms with Crippen LogP contribution in [0.3, 0.4) is 0 Å². The highest BCUT2D eigenvalue weighted by atomic mass is 16.6. The lowest BCUT2D eigenvalue weighted by atomic mass is 9.91. The number of piperazine rings is 1. The number of rotatable bonds is 2. The minimum absolute atomic E-state index is 0.0638. The number of nitrogens with zero attached hydrogens (tertiary/aromatic N) is 2. The Balaban J connectivity index is 3.07. The molecule has 0 aromatic carbocycles. The van der Waals surface area contributed by atoms with Gasteiger partial charge in [0.2, 0.25) is 0 Å². The van der Waals surface area contributed by atoms with Crippen molar-refractivity contribution < 1.29 is 29.0 Å². The maximum Gasteiger partial charge on any atom is 0.411 e. The standard InChI is InChI=1S/C17H30N2O6/c1-8-17(12(20)21)11-18(13(22)24-15(2,3)4)9-10-19(17)14(23)25-16(5,6)7/h8-11H2,1-7H3,(H,20,21)/t17-/m0/s1. The van der Waals surface area contributed by atoms with Crippen LogP contribution >= 0.6 is 0 Å². The van der Waals surface area contributed by atoms with Gasteiger partial charge in [-0.3, -0.25) is 4.90 Å². The Labute approximate surface area is 149 Å². The molecule has 1 aliphatic rings. The lowest BCUT2D eigenvalue weighted by Crippen LogP contribution is -2.68. The van der Waals surface area contributed by atoms with Crippen molar-refractivity contribution in [3.05, 3.63) is 0 Å². The van der Waals surface area contributed by atoms with Crippen LogP contribution in [0.1, 0.15) is 54.9 Å². The summed E-state index contributed by atoms with van der Waals surface area (Å²) < 4.78 is 10.7. The number of carbonyl (C=O) groups excluding carboxylic acids is 2. The summed E-state index contributed by atoms with van der Waals surface area (Å²) in [6, 6.07) is 0. The highest BCUT2D eigenvalue weighted by Crippen LogP contribution is 2.29. The van der Waals surface area contributed by atoms with Crippen molar-refractivity contribution in [1.82, 2.24) is 9.80 Å². The van der Waals surface area contributed by atoms with Gasteiger partial charge in [0, 0.05) is 13.1 Å². The van der Waals surface area contributed by atoms with E-state index in [9.17, 15) is 19.5 Å². The van der Waals surface area contributed by atoms with Crippen LogP contribution in [0.2, 0.25) is 0 Å². The van der Waals surface area contributed by atoms with E-state index in [4.69, 9.17) is 9.47 Å². The van der Waals surface area contributed by atoms with Crippen molar-refractivity contribution >= 4 is 18.2 Å². The van der Waals surface area contributed by atoms with Crippen LogP contribution in [0.5, 0.6) is 0 Å². The molecule has 0 aromatic heterocycles. The predicted molar refractivity (Wildman–Crippen MR) is 91.4 cm³/mol. The van der Waals surface area contributed by atoms with Crippen LogP contribution in [0, 0.1) is 0 Å². The Hall–Kier alpha value is -1.99. The molecule has 1 atom stereocenters. The second-order valence-electron chi connectivity index (χ2n) is 8.22. The molecule has 0 saturated carbocycles. The van der Waals surface area contributed by atoms with Gasteiger partial charge < -0.3 is 19.5 Å². The van der Waals surface area contributed by atoms with E-state index < -0.39 is 34.9 Å². The van der Waals surface area contributed by atoms with Gasteiger partial charge in [0.25, 0.3) is 0 Å². The topological polar surface area (TPSA) is 96.4 Å². The number of carbonyl (C=O) groups is 3. The molecule has 144 valence electrons. The Morgan fingerprint density at radius 3 is 1.84 bits per heavy atom. The Morgan fingerprint density at radius 2 is 1.44 bits per heavy atom. The van der Waals surface area contributed by atoms with E-state index in [1.54, 1.807) is 48.5 Å². The maximum atomic E-state index is 12.5. The van der Waals surface area contributed by atoms with Gasteiger partial charge in [-0.1, -0.05) is 6.92 Å². The number of carboxylic acid groups (broad SMARTS) is 1. The van der Waals surface area contributed by atoms with E-state index in [1.807, 2.05) is 0 Å². The third-order valence-electron chi connectivity index (χ3n) is 3.81. The third kappa shape index (κ3) is 5.24. The molecular weight excluding hydrogens is 328 g/mol. The molecule has 1 heterocycles.